The number of hydrogen-bond donors (Lipinski definition) is 0. The number of halogens is 1. The molecular weight excluding hydrogens is 192 g/mol. The van der Waals surface area contributed by atoms with Crippen LogP contribution >= 0.6 is 11.6 Å². The molecule has 0 heterocycles. The van der Waals surface area contributed by atoms with Gasteiger partial charge in [0.05, 0.1) is 0 Å². The van der Waals surface area contributed by atoms with Gasteiger partial charge >= 0.3 is 0 Å². The van der Waals surface area contributed by atoms with E-state index < -0.39 is 11.2 Å². The zero-order valence-corrected chi connectivity index (χ0v) is 8.49. The van der Waals surface area contributed by atoms with E-state index in [2.05, 4.69) is 0 Å². The predicted octanol–water partition coefficient (Wildman–Crippen LogP) is 2.55. The molecule has 0 saturated carbocycles. The van der Waals surface area contributed by atoms with E-state index in [1.165, 1.54) is 0 Å². The SMILES string of the molecule is CC[S+]([O-])c1ccc(CCl)cc1. The number of rotatable bonds is 3. The van der Waals surface area contributed by atoms with Gasteiger partial charge < -0.3 is 4.55 Å². The van der Waals surface area contributed by atoms with Gasteiger partial charge in [-0.25, -0.2) is 0 Å². The largest absolute Gasteiger partial charge is 0.611 e. The van der Waals surface area contributed by atoms with Gasteiger partial charge in [0.1, 0.15) is 5.75 Å². The minimum absolute atomic E-state index is 0.513. The lowest BCUT2D eigenvalue weighted by Gasteiger charge is -2.07. The maximum absolute atomic E-state index is 11.3. The first-order valence-electron chi connectivity index (χ1n) is 3.81. The second-order valence-electron chi connectivity index (χ2n) is 2.41. The number of hydrogen-bond acceptors (Lipinski definition) is 1. The van der Waals surface area contributed by atoms with Gasteiger partial charge in [0, 0.05) is 5.88 Å². The second-order valence-corrected chi connectivity index (χ2v) is 4.42. The Hall–Kier alpha value is -0.180. The molecule has 1 aromatic rings. The third-order valence-corrected chi connectivity index (χ3v) is 3.23. The van der Waals surface area contributed by atoms with Crippen molar-refractivity contribution in [3.63, 3.8) is 0 Å². The van der Waals surface area contributed by atoms with Gasteiger partial charge in [-0.3, -0.25) is 0 Å². The van der Waals surface area contributed by atoms with Crippen LogP contribution < -0.4 is 0 Å². The van der Waals surface area contributed by atoms with Crippen LogP contribution in [-0.2, 0) is 17.1 Å². The molecule has 0 aliphatic rings. The summed E-state index contributed by atoms with van der Waals surface area (Å²) in [5.74, 6) is 1.18. The minimum atomic E-state index is -0.844. The molecule has 0 aromatic heterocycles. The van der Waals surface area contributed by atoms with E-state index in [1.54, 1.807) is 0 Å². The van der Waals surface area contributed by atoms with Crippen molar-refractivity contribution in [2.45, 2.75) is 17.7 Å². The molecule has 12 heavy (non-hydrogen) atoms. The molecule has 0 saturated heterocycles. The Morgan fingerprint density at radius 2 is 1.92 bits per heavy atom. The lowest BCUT2D eigenvalue weighted by molar-refractivity contribution is 0.596. The lowest BCUT2D eigenvalue weighted by Crippen LogP contribution is -2.03. The van der Waals surface area contributed by atoms with Gasteiger partial charge in [0.2, 0.25) is 0 Å². The smallest absolute Gasteiger partial charge is 0.152 e. The van der Waals surface area contributed by atoms with Crippen molar-refractivity contribution in [2.24, 2.45) is 0 Å². The molecule has 1 atom stereocenters. The molecule has 1 unspecified atom stereocenters. The molecule has 0 aliphatic heterocycles. The number of alkyl halides is 1. The molecule has 0 spiro atoms. The van der Waals surface area contributed by atoms with Crippen LogP contribution in [-0.4, -0.2) is 10.3 Å². The Labute approximate surface area is 80.9 Å². The first-order valence-corrected chi connectivity index (χ1v) is 5.66. The molecule has 0 fully saturated rings. The first-order chi connectivity index (χ1) is 5.77. The van der Waals surface area contributed by atoms with Crippen molar-refractivity contribution in [3.8, 4) is 0 Å². The van der Waals surface area contributed by atoms with E-state index in [4.69, 9.17) is 11.6 Å². The summed E-state index contributed by atoms with van der Waals surface area (Å²) in [5.41, 5.74) is 1.06. The topological polar surface area (TPSA) is 23.1 Å². The van der Waals surface area contributed by atoms with Crippen LogP contribution in [0, 0.1) is 0 Å². The van der Waals surface area contributed by atoms with Crippen LogP contribution in [0.2, 0.25) is 0 Å². The fourth-order valence-electron chi connectivity index (χ4n) is 0.897. The Bertz CT molecular complexity index is 235. The van der Waals surface area contributed by atoms with E-state index in [9.17, 15) is 4.55 Å². The summed E-state index contributed by atoms with van der Waals surface area (Å²) in [5, 5.41) is 0. The monoisotopic (exact) mass is 202 g/mol. The molecule has 0 amide bonds. The van der Waals surface area contributed by atoms with E-state index in [1.807, 2.05) is 31.2 Å². The summed E-state index contributed by atoms with van der Waals surface area (Å²) in [6.45, 7) is 1.91. The summed E-state index contributed by atoms with van der Waals surface area (Å²) in [4.78, 5) is 0.881. The van der Waals surface area contributed by atoms with E-state index in [0.717, 1.165) is 10.5 Å². The number of benzene rings is 1. The standard InChI is InChI=1S/C9H11ClOS/c1-2-12(11)9-5-3-8(7-10)4-6-9/h3-6H,2,7H2,1H3. The van der Waals surface area contributed by atoms with Gasteiger partial charge in [0.25, 0.3) is 0 Å². The highest BCUT2D eigenvalue weighted by atomic mass is 35.5. The van der Waals surface area contributed by atoms with Crippen LogP contribution in [0.25, 0.3) is 0 Å². The van der Waals surface area contributed by atoms with Crippen LogP contribution in [0.1, 0.15) is 12.5 Å². The van der Waals surface area contributed by atoms with Crippen molar-refractivity contribution in [1.82, 2.24) is 0 Å². The van der Waals surface area contributed by atoms with Crippen LogP contribution in [0.4, 0.5) is 0 Å². The van der Waals surface area contributed by atoms with Crippen LogP contribution in [0.3, 0.4) is 0 Å². The molecule has 1 aromatic carbocycles. The molecular formula is C9H11ClOS. The quantitative estimate of drug-likeness (QED) is 0.546. The summed E-state index contributed by atoms with van der Waals surface area (Å²) < 4.78 is 11.3. The zero-order valence-electron chi connectivity index (χ0n) is 6.92. The van der Waals surface area contributed by atoms with Gasteiger partial charge in [-0.2, -0.15) is 0 Å². The summed E-state index contributed by atoms with van der Waals surface area (Å²) in [6, 6.07) is 7.57. The molecule has 66 valence electrons. The average Bonchev–Trinajstić information content (AvgIpc) is 2.17. The Morgan fingerprint density at radius 1 is 1.33 bits per heavy atom. The second kappa shape index (κ2) is 4.75. The predicted molar refractivity (Wildman–Crippen MR) is 52.9 cm³/mol. The van der Waals surface area contributed by atoms with Crippen molar-refractivity contribution in [3.05, 3.63) is 29.8 Å². The molecule has 0 radical (unpaired) electrons. The van der Waals surface area contributed by atoms with Gasteiger partial charge in [-0.1, -0.05) is 12.1 Å². The first kappa shape index (κ1) is 9.90. The van der Waals surface area contributed by atoms with Crippen LogP contribution in [0.5, 0.6) is 0 Å². The molecule has 1 rings (SSSR count). The van der Waals surface area contributed by atoms with Crippen LogP contribution in [0.15, 0.2) is 29.2 Å². The third kappa shape index (κ3) is 2.41. The molecule has 0 N–H and O–H groups in total. The van der Waals surface area contributed by atoms with Crippen molar-refractivity contribution in [1.29, 1.82) is 0 Å². The minimum Gasteiger partial charge on any atom is -0.611 e. The maximum Gasteiger partial charge on any atom is 0.152 e. The van der Waals surface area contributed by atoms with Gasteiger partial charge in [0.15, 0.2) is 4.90 Å². The van der Waals surface area contributed by atoms with Crippen molar-refractivity contribution < 1.29 is 4.55 Å². The molecule has 0 bridgehead atoms. The molecule has 1 nitrogen and oxygen atoms in total. The maximum atomic E-state index is 11.3. The van der Waals surface area contributed by atoms with E-state index in [0.29, 0.717) is 11.6 Å². The van der Waals surface area contributed by atoms with E-state index >= 15 is 0 Å². The molecule has 3 heteroatoms. The lowest BCUT2D eigenvalue weighted by atomic mass is 10.2. The molecule has 0 aliphatic carbocycles. The third-order valence-electron chi connectivity index (χ3n) is 1.60. The normalized spacial score (nSPS) is 12.9. The van der Waals surface area contributed by atoms with Crippen molar-refractivity contribution >= 4 is 22.8 Å². The summed E-state index contributed by atoms with van der Waals surface area (Å²) in [6.07, 6.45) is 0. The van der Waals surface area contributed by atoms with Gasteiger partial charge in [-0.15, -0.1) is 11.6 Å². The van der Waals surface area contributed by atoms with Crippen molar-refractivity contribution in [2.75, 3.05) is 5.75 Å². The average molecular weight is 203 g/mol. The zero-order chi connectivity index (χ0) is 8.97. The summed E-state index contributed by atoms with van der Waals surface area (Å²) >= 11 is 4.77. The highest BCUT2D eigenvalue weighted by molar-refractivity contribution is 7.91. The Kier molecular flexibility index (Phi) is 3.92. The highest BCUT2D eigenvalue weighted by Gasteiger charge is 2.05. The van der Waals surface area contributed by atoms with E-state index in [-0.39, 0.29) is 0 Å². The highest BCUT2D eigenvalue weighted by Crippen LogP contribution is 2.13. The fraction of sp³-hybridized carbons (Fsp3) is 0.333. The Morgan fingerprint density at radius 3 is 2.33 bits per heavy atom. The summed E-state index contributed by atoms with van der Waals surface area (Å²) in [7, 11) is 0. The Balaban J connectivity index is 2.77. The fourth-order valence-corrected chi connectivity index (χ4v) is 1.85. The van der Waals surface area contributed by atoms with Gasteiger partial charge in [-0.05, 0) is 35.8 Å².